The lowest BCUT2D eigenvalue weighted by atomic mass is 10.1. The van der Waals surface area contributed by atoms with Gasteiger partial charge in [-0.2, -0.15) is 0 Å². The first-order chi connectivity index (χ1) is 8.63. The number of phenols is 1. The van der Waals surface area contributed by atoms with Crippen LogP contribution in [0.5, 0.6) is 5.75 Å². The van der Waals surface area contributed by atoms with Crippen LogP contribution in [0.15, 0.2) is 18.2 Å². The summed E-state index contributed by atoms with van der Waals surface area (Å²) in [6.07, 6.45) is 2.19. The van der Waals surface area contributed by atoms with Crippen LogP contribution in [0.25, 0.3) is 0 Å². The van der Waals surface area contributed by atoms with Crippen LogP contribution in [-0.4, -0.2) is 34.3 Å². The summed E-state index contributed by atoms with van der Waals surface area (Å²) in [6, 6.07) is 5.13. The highest BCUT2D eigenvalue weighted by Crippen LogP contribution is 2.25. The largest absolute Gasteiger partial charge is 0.508 e. The van der Waals surface area contributed by atoms with Crippen LogP contribution >= 0.6 is 15.9 Å². The molecule has 3 nitrogen and oxygen atoms in total. The number of alkyl halides is 1. The fourth-order valence-electron chi connectivity index (χ4n) is 2.43. The fourth-order valence-corrected chi connectivity index (χ4v) is 3.08. The standard InChI is InChI=1S/C14H18BrNO2/c1-10-12(3-2-4-13(10)17)14(18)16-8-6-11(9-16)5-7-15/h2-4,11,17H,5-9H2,1H3. The molecule has 1 aromatic carbocycles. The van der Waals surface area contributed by atoms with Gasteiger partial charge in [0.25, 0.3) is 5.91 Å². The van der Waals surface area contributed by atoms with Crippen LogP contribution < -0.4 is 0 Å². The molecule has 0 spiro atoms. The third-order valence-corrected chi connectivity index (χ3v) is 4.08. The van der Waals surface area contributed by atoms with Gasteiger partial charge >= 0.3 is 0 Å². The van der Waals surface area contributed by atoms with Gasteiger partial charge in [-0.3, -0.25) is 4.79 Å². The molecule has 4 heteroatoms. The molecule has 0 aromatic heterocycles. The minimum atomic E-state index is 0.0421. The van der Waals surface area contributed by atoms with E-state index in [4.69, 9.17) is 0 Å². The molecule has 1 amide bonds. The van der Waals surface area contributed by atoms with Gasteiger partial charge in [0.15, 0.2) is 0 Å². The molecule has 1 N–H and O–H groups in total. The summed E-state index contributed by atoms with van der Waals surface area (Å²) in [4.78, 5) is 14.3. The molecule has 2 rings (SSSR count). The average Bonchev–Trinajstić information content (AvgIpc) is 2.81. The summed E-state index contributed by atoms with van der Waals surface area (Å²) in [5.74, 6) is 0.837. The topological polar surface area (TPSA) is 40.5 Å². The lowest BCUT2D eigenvalue weighted by Crippen LogP contribution is -2.29. The van der Waals surface area contributed by atoms with Crippen molar-refractivity contribution in [3.05, 3.63) is 29.3 Å². The number of hydrogen-bond acceptors (Lipinski definition) is 2. The molecular formula is C14H18BrNO2. The maximum absolute atomic E-state index is 12.4. The quantitative estimate of drug-likeness (QED) is 0.872. The molecule has 1 atom stereocenters. The Labute approximate surface area is 116 Å². The van der Waals surface area contributed by atoms with Gasteiger partial charge in [-0.15, -0.1) is 0 Å². The summed E-state index contributed by atoms with van der Waals surface area (Å²) in [5.41, 5.74) is 1.29. The van der Waals surface area contributed by atoms with Crippen molar-refractivity contribution in [1.29, 1.82) is 0 Å². The first-order valence-electron chi connectivity index (χ1n) is 6.27. The highest BCUT2D eigenvalue weighted by atomic mass is 79.9. The monoisotopic (exact) mass is 311 g/mol. The third-order valence-electron chi connectivity index (χ3n) is 3.63. The second-order valence-corrected chi connectivity index (χ2v) is 5.63. The molecule has 18 heavy (non-hydrogen) atoms. The number of nitrogens with zero attached hydrogens (tertiary/aromatic N) is 1. The Kier molecular flexibility index (Phi) is 4.27. The van der Waals surface area contributed by atoms with Gasteiger partial charge in [0.05, 0.1) is 0 Å². The second-order valence-electron chi connectivity index (χ2n) is 4.83. The molecule has 1 aliphatic heterocycles. The van der Waals surface area contributed by atoms with E-state index < -0.39 is 0 Å². The van der Waals surface area contributed by atoms with Crippen LogP contribution in [0, 0.1) is 12.8 Å². The van der Waals surface area contributed by atoms with Crippen LogP contribution in [0.2, 0.25) is 0 Å². The Hall–Kier alpha value is -1.03. The number of halogens is 1. The van der Waals surface area contributed by atoms with Crippen LogP contribution in [0.1, 0.15) is 28.8 Å². The molecule has 98 valence electrons. The fraction of sp³-hybridized carbons (Fsp3) is 0.500. The Morgan fingerprint density at radius 1 is 1.56 bits per heavy atom. The van der Waals surface area contributed by atoms with E-state index in [1.54, 1.807) is 25.1 Å². The average molecular weight is 312 g/mol. The number of benzene rings is 1. The number of likely N-dealkylation sites (tertiary alicyclic amines) is 1. The summed E-state index contributed by atoms with van der Waals surface area (Å²) in [5, 5.41) is 10.6. The van der Waals surface area contributed by atoms with E-state index in [1.165, 1.54) is 0 Å². The number of rotatable bonds is 3. The first-order valence-corrected chi connectivity index (χ1v) is 7.39. The van der Waals surface area contributed by atoms with E-state index in [-0.39, 0.29) is 11.7 Å². The van der Waals surface area contributed by atoms with E-state index in [1.807, 2.05) is 4.90 Å². The smallest absolute Gasteiger partial charge is 0.254 e. The minimum absolute atomic E-state index is 0.0421. The van der Waals surface area contributed by atoms with E-state index in [2.05, 4.69) is 15.9 Å². The Balaban J connectivity index is 2.11. The van der Waals surface area contributed by atoms with Crippen molar-refractivity contribution in [2.75, 3.05) is 18.4 Å². The Morgan fingerprint density at radius 2 is 2.33 bits per heavy atom. The van der Waals surface area contributed by atoms with Gasteiger partial charge in [-0.25, -0.2) is 0 Å². The molecule has 0 aliphatic carbocycles. The second kappa shape index (κ2) is 5.74. The molecule has 1 aromatic rings. The predicted molar refractivity (Wildman–Crippen MR) is 75.3 cm³/mol. The van der Waals surface area contributed by atoms with Crippen molar-refractivity contribution in [3.8, 4) is 5.75 Å². The van der Waals surface area contributed by atoms with Crippen LogP contribution in [0.3, 0.4) is 0 Å². The molecule has 1 heterocycles. The summed E-state index contributed by atoms with van der Waals surface area (Å²) in [6.45, 7) is 3.44. The minimum Gasteiger partial charge on any atom is -0.508 e. The zero-order chi connectivity index (χ0) is 13.1. The first kappa shape index (κ1) is 13.4. The Bertz CT molecular complexity index is 447. The van der Waals surface area contributed by atoms with Gasteiger partial charge in [-0.05, 0) is 37.8 Å². The van der Waals surface area contributed by atoms with E-state index >= 15 is 0 Å². The number of aromatic hydroxyl groups is 1. The SMILES string of the molecule is Cc1c(O)cccc1C(=O)N1CCC(CCBr)C1. The summed E-state index contributed by atoms with van der Waals surface area (Å²) in [7, 11) is 0. The van der Waals surface area contributed by atoms with Crippen molar-refractivity contribution < 1.29 is 9.90 Å². The molecule has 0 radical (unpaired) electrons. The maximum atomic E-state index is 12.4. The van der Waals surface area contributed by atoms with Gasteiger partial charge in [-0.1, -0.05) is 22.0 Å². The lowest BCUT2D eigenvalue weighted by molar-refractivity contribution is 0.0786. The number of hydrogen-bond donors (Lipinski definition) is 1. The van der Waals surface area contributed by atoms with Crippen molar-refractivity contribution in [2.24, 2.45) is 5.92 Å². The van der Waals surface area contributed by atoms with Gasteiger partial charge in [0.1, 0.15) is 5.75 Å². The number of carbonyl (C=O) groups excluding carboxylic acids is 1. The molecule has 1 unspecified atom stereocenters. The molecule has 1 aliphatic rings. The highest BCUT2D eigenvalue weighted by molar-refractivity contribution is 9.09. The van der Waals surface area contributed by atoms with Gasteiger partial charge < -0.3 is 10.0 Å². The van der Waals surface area contributed by atoms with Crippen LogP contribution in [-0.2, 0) is 0 Å². The van der Waals surface area contributed by atoms with Crippen molar-refractivity contribution >= 4 is 21.8 Å². The van der Waals surface area contributed by atoms with E-state index in [0.29, 0.717) is 17.0 Å². The highest BCUT2D eigenvalue weighted by Gasteiger charge is 2.27. The number of carbonyl (C=O) groups is 1. The summed E-state index contributed by atoms with van der Waals surface area (Å²) < 4.78 is 0. The molecule has 0 saturated carbocycles. The predicted octanol–water partition coefficient (Wildman–Crippen LogP) is 2.95. The zero-order valence-electron chi connectivity index (χ0n) is 10.5. The van der Waals surface area contributed by atoms with Gasteiger partial charge in [0.2, 0.25) is 0 Å². The van der Waals surface area contributed by atoms with E-state index in [9.17, 15) is 9.90 Å². The third kappa shape index (κ3) is 2.69. The van der Waals surface area contributed by atoms with Crippen molar-refractivity contribution in [3.63, 3.8) is 0 Å². The summed E-state index contributed by atoms with van der Waals surface area (Å²) >= 11 is 3.45. The maximum Gasteiger partial charge on any atom is 0.254 e. The lowest BCUT2D eigenvalue weighted by Gasteiger charge is -2.18. The number of phenolic OH excluding ortho intramolecular Hbond substituents is 1. The van der Waals surface area contributed by atoms with Crippen molar-refractivity contribution in [2.45, 2.75) is 19.8 Å². The normalized spacial score (nSPS) is 19.2. The van der Waals surface area contributed by atoms with E-state index in [0.717, 1.165) is 31.3 Å². The molecule has 0 bridgehead atoms. The van der Waals surface area contributed by atoms with Gasteiger partial charge in [0, 0.05) is 29.5 Å². The molecular weight excluding hydrogens is 294 g/mol. The van der Waals surface area contributed by atoms with Crippen LogP contribution in [0.4, 0.5) is 0 Å². The zero-order valence-corrected chi connectivity index (χ0v) is 12.1. The molecule has 1 fully saturated rings. The number of amides is 1. The molecule has 1 saturated heterocycles. The van der Waals surface area contributed by atoms with Crippen molar-refractivity contribution in [1.82, 2.24) is 4.90 Å². The Morgan fingerprint density at radius 3 is 3.06 bits per heavy atom.